The Bertz CT molecular complexity index is 348. The molecule has 0 aliphatic heterocycles. The first-order chi connectivity index (χ1) is 5.77. The van der Waals surface area contributed by atoms with Crippen LogP contribution in [-0.2, 0) is 0 Å². The molecule has 64 valence electrons. The van der Waals surface area contributed by atoms with E-state index in [-0.39, 0.29) is 0 Å². The molecule has 0 amide bonds. The summed E-state index contributed by atoms with van der Waals surface area (Å²) in [5.41, 5.74) is 0. The average molecular weight is 178 g/mol. The molecule has 1 aliphatic rings. The first-order valence-corrected chi connectivity index (χ1v) is 5.39. The Morgan fingerprint density at radius 1 is 1.25 bits per heavy atom. The molecule has 0 aromatic carbocycles. The van der Waals surface area contributed by atoms with E-state index < -0.39 is 0 Å². The molecular weight excluding hydrogens is 164 g/mol. The smallest absolute Gasteiger partial charge is 0.0302 e. The van der Waals surface area contributed by atoms with E-state index in [1.807, 2.05) is 11.3 Å². The number of hydrogen-bond acceptors (Lipinski definition) is 1. The molecule has 2 rings (SSSR count). The highest BCUT2D eigenvalue weighted by molar-refractivity contribution is 7.09. The van der Waals surface area contributed by atoms with Crippen LogP contribution in [-0.4, -0.2) is 0 Å². The van der Waals surface area contributed by atoms with Crippen LogP contribution in [0, 0.1) is 0 Å². The van der Waals surface area contributed by atoms with Gasteiger partial charge in [0.2, 0.25) is 0 Å². The van der Waals surface area contributed by atoms with Crippen LogP contribution in [0.3, 0.4) is 0 Å². The van der Waals surface area contributed by atoms with Crippen molar-refractivity contribution in [1.29, 1.82) is 0 Å². The average Bonchev–Trinajstić information content (AvgIpc) is 2.46. The van der Waals surface area contributed by atoms with Crippen LogP contribution in [0.5, 0.6) is 0 Å². The zero-order chi connectivity index (χ0) is 8.55. The second kappa shape index (κ2) is 3.06. The van der Waals surface area contributed by atoms with E-state index in [4.69, 9.17) is 0 Å². The Morgan fingerprint density at radius 2 is 2.00 bits per heavy atom. The van der Waals surface area contributed by atoms with Crippen molar-refractivity contribution in [1.82, 2.24) is 0 Å². The summed E-state index contributed by atoms with van der Waals surface area (Å²) in [5, 5.41) is 1.47. The maximum atomic E-state index is 2.37. The van der Waals surface area contributed by atoms with E-state index in [2.05, 4.69) is 32.1 Å². The largest absolute Gasteiger partial charge is 0.140 e. The molecule has 0 fully saturated rings. The van der Waals surface area contributed by atoms with Gasteiger partial charge in [-0.3, -0.25) is 0 Å². The molecule has 1 heteroatoms. The molecule has 0 atom stereocenters. The van der Waals surface area contributed by atoms with Gasteiger partial charge >= 0.3 is 0 Å². The summed E-state index contributed by atoms with van der Waals surface area (Å²) in [6, 6.07) is 2.35. The quantitative estimate of drug-likeness (QED) is 0.618. The van der Waals surface area contributed by atoms with Crippen LogP contribution in [0.4, 0.5) is 0 Å². The third-order valence-corrected chi connectivity index (χ3v) is 3.69. The van der Waals surface area contributed by atoms with Gasteiger partial charge in [0, 0.05) is 9.41 Å². The minimum absolute atomic E-state index is 0.683. The van der Waals surface area contributed by atoms with Gasteiger partial charge < -0.3 is 0 Å². The third-order valence-electron chi connectivity index (χ3n) is 2.24. The van der Waals surface area contributed by atoms with Gasteiger partial charge in [-0.05, 0) is 30.0 Å². The van der Waals surface area contributed by atoms with E-state index in [1.165, 1.54) is 27.5 Å². The maximum absolute atomic E-state index is 2.37. The lowest BCUT2D eigenvalue weighted by Gasteiger charge is -1.95. The molecule has 1 aromatic heterocycles. The van der Waals surface area contributed by atoms with Crippen molar-refractivity contribution in [3.8, 4) is 0 Å². The van der Waals surface area contributed by atoms with Gasteiger partial charge in [-0.15, -0.1) is 11.3 Å². The van der Waals surface area contributed by atoms with Gasteiger partial charge in [0.05, 0.1) is 0 Å². The van der Waals surface area contributed by atoms with Crippen molar-refractivity contribution in [2.45, 2.75) is 32.6 Å². The minimum atomic E-state index is 0.683. The van der Waals surface area contributed by atoms with Gasteiger partial charge in [-0.25, -0.2) is 0 Å². The lowest BCUT2D eigenvalue weighted by Crippen LogP contribution is -2.19. The van der Waals surface area contributed by atoms with Gasteiger partial charge in [0.1, 0.15) is 0 Å². The summed E-state index contributed by atoms with van der Waals surface area (Å²) in [4.78, 5) is 1.52. The number of hydrogen-bond donors (Lipinski definition) is 0. The van der Waals surface area contributed by atoms with E-state index in [9.17, 15) is 0 Å². The van der Waals surface area contributed by atoms with Crippen molar-refractivity contribution in [2.75, 3.05) is 0 Å². The van der Waals surface area contributed by atoms with Crippen molar-refractivity contribution >= 4 is 23.5 Å². The molecule has 0 radical (unpaired) electrons. The predicted octanol–water partition coefficient (Wildman–Crippen LogP) is 2.23. The number of thiophene rings is 1. The maximum Gasteiger partial charge on any atom is 0.0302 e. The Balaban J connectivity index is 2.60. The monoisotopic (exact) mass is 178 g/mol. The Kier molecular flexibility index (Phi) is 2.05. The molecule has 0 N–H and O–H groups in total. The van der Waals surface area contributed by atoms with Crippen molar-refractivity contribution < 1.29 is 0 Å². The second-order valence-corrected chi connectivity index (χ2v) is 4.72. The first kappa shape index (κ1) is 8.06. The fourth-order valence-electron chi connectivity index (χ4n) is 1.50. The topological polar surface area (TPSA) is 0 Å². The van der Waals surface area contributed by atoms with Gasteiger partial charge in [-0.2, -0.15) is 0 Å². The molecule has 0 saturated heterocycles. The highest BCUT2D eigenvalue weighted by atomic mass is 32.1. The number of fused-ring (bicyclic) bond motifs is 1. The van der Waals surface area contributed by atoms with Crippen LogP contribution >= 0.6 is 11.3 Å². The molecule has 0 bridgehead atoms. The van der Waals surface area contributed by atoms with E-state index in [0.717, 1.165) is 0 Å². The molecule has 0 spiro atoms. The molecular formula is C11H14S. The van der Waals surface area contributed by atoms with E-state index in [0.29, 0.717) is 5.92 Å². The van der Waals surface area contributed by atoms with Crippen molar-refractivity contribution in [3.63, 3.8) is 0 Å². The van der Waals surface area contributed by atoms with Crippen molar-refractivity contribution in [2.24, 2.45) is 0 Å². The Hall–Kier alpha value is -0.560. The first-order valence-electron chi connectivity index (χ1n) is 4.57. The normalized spacial score (nSPS) is 15.2. The highest BCUT2D eigenvalue weighted by Gasteiger charge is 2.03. The summed E-state index contributed by atoms with van der Waals surface area (Å²) in [6.07, 6.45) is 7.18. The van der Waals surface area contributed by atoms with E-state index >= 15 is 0 Å². The Morgan fingerprint density at radius 3 is 2.67 bits per heavy atom. The summed E-state index contributed by atoms with van der Waals surface area (Å²) in [5.74, 6) is 0.683. The number of rotatable bonds is 1. The SMILES string of the molecule is CC(C)c1cc2c(s1)=CCCC=2. The van der Waals surface area contributed by atoms with Crippen LogP contribution in [0.1, 0.15) is 37.5 Å². The third kappa shape index (κ3) is 1.34. The summed E-state index contributed by atoms with van der Waals surface area (Å²) < 4.78 is 1.49. The minimum Gasteiger partial charge on any atom is -0.140 e. The highest BCUT2D eigenvalue weighted by Crippen LogP contribution is 2.15. The lowest BCUT2D eigenvalue weighted by atomic mass is 10.1. The summed E-state index contributed by atoms with van der Waals surface area (Å²) >= 11 is 1.96. The van der Waals surface area contributed by atoms with E-state index in [1.54, 1.807) is 0 Å². The summed E-state index contributed by atoms with van der Waals surface area (Å²) in [7, 11) is 0. The zero-order valence-electron chi connectivity index (χ0n) is 7.63. The zero-order valence-corrected chi connectivity index (χ0v) is 8.45. The standard InChI is InChI=1S/C11H14S/c1-8(2)11-7-9-5-3-4-6-10(9)12-11/h5-8H,3-4H2,1-2H3. The van der Waals surface area contributed by atoms with Crippen molar-refractivity contribution in [3.05, 3.63) is 20.7 Å². The molecule has 0 saturated carbocycles. The predicted molar refractivity (Wildman–Crippen MR) is 55.8 cm³/mol. The molecule has 0 unspecified atom stereocenters. The molecule has 0 nitrogen and oxygen atoms in total. The van der Waals surface area contributed by atoms with Gasteiger partial charge in [0.15, 0.2) is 0 Å². The molecule has 1 aromatic rings. The fraction of sp³-hybridized carbons (Fsp3) is 0.455. The van der Waals surface area contributed by atoms with Gasteiger partial charge in [0.25, 0.3) is 0 Å². The fourth-order valence-corrected chi connectivity index (χ4v) is 2.63. The molecule has 12 heavy (non-hydrogen) atoms. The van der Waals surface area contributed by atoms with Crippen LogP contribution in [0.15, 0.2) is 6.07 Å². The molecule has 1 aliphatic carbocycles. The Labute approximate surface area is 77.2 Å². The molecule has 1 heterocycles. The lowest BCUT2D eigenvalue weighted by molar-refractivity contribution is 0.889. The summed E-state index contributed by atoms with van der Waals surface area (Å²) in [6.45, 7) is 4.52. The van der Waals surface area contributed by atoms with Crippen LogP contribution < -0.4 is 9.75 Å². The van der Waals surface area contributed by atoms with Crippen LogP contribution in [0.25, 0.3) is 12.2 Å². The second-order valence-electron chi connectivity index (χ2n) is 3.61. The van der Waals surface area contributed by atoms with Crippen LogP contribution in [0.2, 0.25) is 0 Å². The van der Waals surface area contributed by atoms with Gasteiger partial charge in [-0.1, -0.05) is 26.0 Å².